The second-order valence-electron chi connectivity index (χ2n) is 12.6. The van der Waals surface area contributed by atoms with Crippen LogP contribution in [0.3, 0.4) is 0 Å². The van der Waals surface area contributed by atoms with Gasteiger partial charge in [0.15, 0.2) is 5.79 Å². The second kappa shape index (κ2) is 20.9. The SMILES string of the molecule is CCCCCCCC/C=C\CCCCCCCC(=O)NCCC(CNC(=O)[C@H]1OC(C)(C)OCC1(C)C)C(=O)OC. The van der Waals surface area contributed by atoms with Crippen molar-refractivity contribution in [3.05, 3.63) is 12.2 Å². The molecule has 1 saturated heterocycles. The Morgan fingerprint density at radius 1 is 0.878 bits per heavy atom. The number of carbonyl (C=O) groups is 3. The molecule has 2 atom stereocenters. The van der Waals surface area contributed by atoms with Crippen molar-refractivity contribution in [2.45, 2.75) is 143 Å². The van der Waals surface area contributed by atoms with E-state index in [1.807, 2.05) is 13.8 Å². The quantitative estimate of drug-likeness (QED) is 0.0848. The number of nitrogens with one attached hydrogen (secondary N) is 2. The van der Waals surface area contributed by atoms with Crippen LogP contribution in [0.15, 0.2) is 12.2 Å². The zero-order valence-corrected chi connectivity index (χ0v) is 27.0. The molecule has 1 unspecified atom stereocenters. The Kier molecular flexibility index (Phi) is 18.9. The lowest BCUT2D eigenvalue weighted by Crippen LogP contribution is -2.57. The lowest BCUT2D eigenvalue weighted by atomic mass is 9.85. The minimum Gasteiger partial charge on any atom is -0.469 e. The van der Waals surface area contributed by atoms with E-state index in [1.54, 1.807) is 13.8 Å². The molecule has 8 heteroatoms. The Morgan fingerprint density at radius 3 is 2.07 bits per heavy atom. The molecule has 238 valence electrons. The summed E-state index contributed by atoms with van der Waals surface area (Å²) in [5, 5.41) is 5.75. The van der Waals surface area contributed by atoms with Crippen LogP contribution < -0.4 is 10.6 Å². The minimum absolute atomic E-state index is 0.00475. The van der Waals surface area contributed by atoms with Gasteiger partial charge in [0.05, 0.1) is 19.6 Å². The largest absolute Gasteiger partial charge is 0.469 e. The van der Waals surface area contributed by atoms with Gasteiger partial charge in [0, 0.05) is 24.9 Å². The van der Waals surface area contributed by atoms with Crippen LogP contribution in [0, 0.1) is 11.3 Å². The van der Waals surface area contributed by atoms with Crippen LogP contribution >= 0.6 is 0 Å². The van der Waals surface area contributed by atoms with E-state index in [-0.39, 0.29) is 18.4 Å². The Bertz CT molecular complexity index is 780. The van der Waals surface area contributed by atoms with E-state index in [9.17, 15) is 14.4 Å². The van der Waals surface area contributed by atoms with E-state index < -0.39 is 29.2 Å². The number of carbonyl (C=O) groups excluding carboxylic acids is 3. The lowest BCUT2D eigenvalue weighted by molar-refractivity contribution is -0.304. The number of allylic oxidation sites excluding steroid dienone is 2. The first kappa shape index (κ1) is 37.1. The van der Waals surface area contributed by atoms with Gasteiger partial charge in [0.1, 0.15) is 6.10 Å². The van der Waals surface area contributed by atoms with Gasteiger partial charge in [-0.05, 0) is 52.4 Å². The van der Waals surface area contributed by atoms with Crippen molar-refractivity contribution >= 4 is 17.8 Å². The zero-order valence-electron chi connectivity index (χ0n) is 27.0. The Balaban J connectivity index is 2.17. The topological polar surface area (TPSA) is 103 Å². The first-order valence-electron chi connectivity index (χ1n) is 16.1. The van der Waals surface area contributed by atoms with Crippen molar-refractivity contribution in [1.29, 1.82) is 0 Å². The molecule has 0 saturated carbocycles. The van der Waals surface area contributed by atoms with Gasteiger partial charge in [-0.3, -0.25) is 14.4 Å². The number of amides is 2. The molecule has 0 radical (unpaired) electrons. The molecule has 0 aromatic rings. The number of hydrogen-bond acceptors (Lipinski definition) is 6. The molecule has 2 N–H and O–H groups in total. The molecular formula is C33H60N2O6. The lowest BCUT2D eigenvalue weighted by Gasteiger charge is -2.44. The first-order valence-corrected chi connectivity index (χ1v) is 16.1. The summed E-state index contributed by atoms with van der Waals surface area (Å²) in [6.45, 7) is 10.5. The van der Waals surface area contributed by atoms with Crippen LogP contribution in [-0.2, 0) is 28.6 Å². The van der Waals surface area contributed by atoms with Gasteiger partial charge < -0.3 is 24.8 Å². The third kappa shape index (κ3) is 16.9. The van der Waals surface area contributed by atoms with Gasteiger partial charge in [-0.1, -0.05) is 84.3 Å². The summed E-state index contributed by atoms with van der Waals surface area (Å²) < 4.78 is 16.5. The first-order chi connectivity index (χ1) is 19.5. The molecule has 1 rings (SSSR count). The molecule has 0 aliphatic carbocycles. The van der Waals surface area contributed by atoms with Crippen LogP contribution in [0.1, 0.15) is 131 Å². The molecule has 1 heterocycles. The summed E-state index contributed by atoms with van der Waals surface area (Å²) in [6.07, 6.45) is 20.8. The third-order valence-electron chi connectivity index (χ3n) is 7.68. The molecular weight excluding hydrogens is 520 g/mol. The van der Waals surface area contributed by atoms with Crippen molar-refractivity contribution in [3.8, 4) is 0 Å². The van der Waals surface area contributed by atoms with Crippen LogP contribution in [0.4, 0.5) is 0 Å². The van der Waals surface area contributed by atoms with Crippen LogP contribution in [0.5, 0.6) is 0 Å². The summed E-state index contributed by atoms with van der Waals surface area (Å²) in [7, 11) is 1.33. The zero-order chi connectivity index (χ0) is 30.6. The number of methoxy groups -OCH3 is 1. The fourth-order valence-electron chi connectivity index (χ4n) is 4.94. The van der Waals surface area contributed by atoms with Crippen molar-refractivity contribution in [1.82, 2.24) is 10.6 Å². The summed E-state index contributed by atoms with van der Waals surface area (Å²) >= 11 is 0. The van der Waals surface area contributed by atoms with Crippen LogP contribution in [-0.4, -0.2) is 56.5 Å². The smallest absolute Gasteiger partial charge is 0.310 e. The molecule has 0 spiro atoms. The number of rotatable bonds is 22. The fraction of sp³-hybridized carbons (Fsp3) is 0.848. The van der Waals surface area contributed by atoms with E-state index in [1.165, 1.54) is 64.9 Å². The Morgan fingerprint density at radius 2 is 1.46 bits per heavy atom. The predicted molar refractivity (Wildman–Crippen MR) is 164 cm³/mol. The molecule has 2 amide bonds. The van der Waals surface area contributed by atoms with E-state index in [0.29, 0.717) is 26.0 Å². The number of esters is 1. The maximum Gasteiger partial charge on any atom is 0.310 e. The number of unbranched alkanes of at least 4 members (excludes halogenated alkanes) is 11. The average molecular weight is 581 g/mol. The van der Waals surface area contributed by atoms with E-state index in [0.717, 1.165) is 25.7 Å². The molecule has 0 bridgehead atoms. The molecule has 1 aliphatic rings. The standard InChI is InChI=1S/C33H60N2O6/c1-7-8-9-10-11-12-13-14-15-16-17-18-19-20-21-22-28(36)34-24-23-27(31(38)39-6)25-35-30(37)29-32(2,3)26-40-33(4,5)41-29/h14-15,27,29H,7-13,16-26H2,1-6H3,(H,34,36)(H,35,37)/b15-14-/t27?,29-/m1/s1. The highest BCUT2D eigenvalue weighted by Gasteiger charge is 2.45. The summed E-state index contributed by atoms with van der Waals surface area (Å²) in [5.41, 5.74) is -0.502. The van der Waals surface area contributed by atoms with E-state index in [4.69, 9.17) is 14.2 Å². The van der Waals surface area contributed by atoms with E-state index >= 15 is 0 Å². The highest BCUT2D eigenvalue weighted by Crippen LogP contribution is 2.34. The maximum absolute atomic E-state index is 12.9. The molecule has 0 aromatic carbocycles. The van der Waals surface area contributed by atoms with Gasteiger partial charge >= 0.3 is 5.97 Å². The van der Waals surface area contributed by atoms with Crippen LogP contribution in [0.2, 0.25) is 0 Å². The highest BCUT2D eigenvalue weighted by molar-refractivity contribution is 5.82. The fourth-order valence-corrected chi connectivity index (χ4v) is 4.94. The highest BCUT2D eigenvalue weighted by atomic mass is 16.7. The molecule has 0 aromatic heterocycles. The number of hydrogen-bond donors (Lipinski definition) is 2. The van der Waals surface area contributed by atoms with Gasteiger partial charge in [-0.25, -0.2) is 0 Å². The molecule has 8 nitrogen and oxygen atoms in total. The molecule has 1 aliphatic heterocycles. The second-order valence-corrected chi connectivity index (χ2v) is 12.6. The Labute approximate surface area is 250 Å². The Hall–Kier alpha value is -1.93. The summed E-state index contributed by atoms with van der Waals surface area (Å²) in [5.74, 6) is -2.11. The summed E-state index contributed by atoms with van der Waals surface area (Å²) in [4.78, 5) is 37.5. The minimum atomic E-state index is -0.854. The van der Waals surface area contributed by atoms with Crippen molar-refractivity contribution in [3.63, 3.8) is 0 Å². The number of ether oxygens (including phenoxy) is 3. The predicted octanol–water partition coefficient (Wildman–Crippen LogP) is 6.61. The van der Waals surface area contributed by atoms with Gasteiger partial charge in [0.25, 0.3) is 0 Å². The summed E-state index contributed by atoms with van der Waals surface area (Å²) in [6, 6.07) is 0. The maximum atomic E-state index is 12.9. The van der Waals surface area contributed by atoms with Gasteiger partial charge in [0.2, 0.25) is 11.8 Å². The van der Waals surface area contributed by atoms with Crippen LogP contribution in [0.25, 0.3) is 0 Å². The van der Waals surface area contributed by atoms with Gasteiger partial charge in [-0.15, -0.1) is 0 Å². The molecule has 1 fully saturated rings. The van der Waals surface area contributed by atoms with Crippen molar-refractivity contribution in [2.75, 3.05) is 26.8 Å². The third-order valence-corrected chi connectivity index (χ3v) is 7.68. The molecule has 41 heavy (non-hydrogen) atoms. The monoisotopic (exact) mass is 580 g/mol. The van der Waals surface area contributed by atoms with E-state index in [2.05, 4.69) is 29.7 Å². The normalized spacial score (nSPS) is 18.6. The van der Waals surface area contributed by atoms with Crippen molar-refractivity contribution in [2.24, 2.45) is 11.3 Å². The average Bonchev–Trinajstić information content (AvgIpc) is 2.93. The van der Waals surface area contributed by atoms with Crippen molar-refractivity contribution < 1.29 is 28.6 Å². The van der Waals surface area contributed by atoms with Gasteiger partial charge in [-0.2, -0.15) is 0 Å².